The minimum absolute atomic E-state index is 0.712. The summed E-state index contributed by atoms with van der Waals surface area (Å²) < 4.78 is 5.31. The predicted molar refractivity (Wildman–Crippen MR) is 49.1 cm³/mol. The molecule has 2 aliphatic rings. The molecule has 0 aromatic heterocycles. The van der Waals surface area contributed by atoms with E-state index in [-0.39, 0.29) is 0 Å². The predicted octanol–water partition coefficient (Wildman–Crippen LogP) is 1.47. The van der Waals surface area contributed by atoms with E-state index in [1.54, 1.807) is 0 Å². The van der Waals surface area contributed by atoms with Crippen molar-refractivity contribution < 1.29 is 4.74 Å². The molecule has 1 saturated heterocycles. The highest BCUT2D eigenvalue weighted by Crippen LogP contribution is 2.13. The van der Waals surface area contributed by atoms with Crippen molar-refractivity contribution in [3.63, 3.8) is 0 Å². The smallest absolute Gasteiger partial charge is 0.0480 e. The molecule has 12 heavy (non-hydrogen) atoms. The van der Waals surface area contributed by atoms with Crippen molar-refractivity contribution >= 4 is 0 Å². The third-order valence-corrected chi connectivity index (χ3v) is 2.70. The molecule has 0 bridgehead atoms. The van der Waals surface area contributed by atoms with Crippen molar-refractivity contribution in [2.24, 2.45) is 0 Å². The summed E-state index contributed by atoms with van der Waals surface area (Å²) in [6.45, 7) is 1.88. The van der Waals surface area contributed by atoms with E-state index in [0.29, 0.717) is 12.1 Å². The van der Waals surface area contributed by atoms with Crippen LogP contribution in [0.15, 0.2) is 12.2 Å². The van der Waals surface area contributed by atoms with Crippen LogP contribution in [-0.2, 0) is 4.74 Å². The van der Waals surface area contributed by atoms with E-state index < -0.39 is 0 Å². The van der Waals surface area contributed by atoms with Crippen LogP contribution in [0.1, 0.15) is 25.7 Å². The molecule has 0 aromatic carbocycles. The Morgan fingerprint density at radius 2 is 1.67 bits per heavy atom. The molecular weight excluding hydrogens is 150 g/mol. The van der Waals surface area contributed by atoms with E-state index in [9.17, 15) is 0 Å². The maximum Gasteiger partial charge on any atom is 0.0480 e. The summed E-state index contributed by atoms with van der Waals surface area (Å²) in [6.07, 6.45) is 9.37. The zero-order valence-corrected chi connectivity index (χ0v) is 7.46. The molecule has 1 heterocycles. The molecule has 2 rings (SSSR count). The zero-order valence-electron chi connectivity index (χ0n) is 7.46. The minimum Gasteiger partial charge on any atom is -0.381 e. The zero-order chi connectivity index (χ0) is 8.23. The molecule has 1 aliphatic carbocycles. The van der Waals surface area contributed by atoms with E-state index in [1.807, 2.05) is 0 Å². The first-order chi connectivity index (χ1) is 5.95. The molecule has 1 N–H and O–H groups in total. The van der Waals surface area contributed by atoms with Gasteiger partial charge in [-0.2, -0.15) is 0 Å². The van der Waals surface area contributed by atoms with Gasteiger partial charge in [0, 0.05) is 25.3 Å². The molecule has 2 heteroatoms. The van der Waals surface area contributed by atoms with Crippen molar-refractivity contribution in [2.75, 3.05) is 13.2 Å². The summed E-state index contributed by atoms with van der Waals surface area (Å²) in [6, 6.07) is 1.43. The highest BCUT2D eigenvalue weighted by Gasteiger charge is 2.18. The average Bonchev–Trinajstić information content (AvgIpc) is 2.59. The first kappa shape index (κ1) is 8.27. The fourth-order valence-corrected chi connectivity index (χ4v) is 1.95. The summed E-state index contributed by atoms with van der Waals surface area (Å²) in [7, 11) is 0. The molecule has 2 nitrogen and oxygen atoms in total. The molecular formula is C10H17NO. The Labute approximate surface area is 74.0 Å². The number of hydrogen-bond donors (Lipinski definition) is 1. The van der Waals surface area contributed by atoms with Gasteiger partial charge in [0.15, 0.2) is 0 Å². The van der Waals surface area contributed by atoms with Crippen LogP contribution in [-0.4, -0.2) is 25.3 Å². The van der Waals surface area contributed by atoms with Gasteiger partial charge in [0.2, 0.25) is 0 Å². The van der Waals surface area contributed by atoms with Crippen molar-refractivity contribution in [2.45, 2.75) is 37.8 Å². The molecule has 0 aromatic rings. The highest BCUT2D eigenvalue weighted by molar-refractivity contribution is 4.98. The van der Waals surface area contributed by atoms with Gasteiger partial charge in [-0.25, -0.2) is 0 Å². The molecule has 0 atom stereocenters. The Morgan fingerprint density at radius 3 is 2.33 bits per heavy atom. The summed E-state index contributed by atoms with van der Waals surface area (Å²) in [5, 5.41) is 3.68. The first-order valence-electron chi connectivity index (χ1n) is 4.94. The Balaban J connectivity index is 1.70. The van der Waals surface area contributed by atoms with Gasteiger partial charge in [-0.15, -0.1) is 0 Å². The number of hydrogen-bond acceptors (Lipinski definition) is 2. The quantitative estimate of drug-likeness (QED) is 0.629. The molecule has 1 aliphatic heterocycles. The molecule has 0 radical (unpaired) electrons. The normalized spacial score (nSPS) is 26.7. The summed E-state index contributed by atoms with van der Waals surface area (Å²) in [5.41, 5.74) is 0. The number of ether oxygens (including phenoxy) is 1. The second-order valence-electron chi connectivity index (χ2n) is 3.69. The van der Waals surface area contributed by atoms with E-state index in [4.69, 9.17) is 4.74 Å². The third-order valence-electron chi connectivity index (χ3n) is 2.70. The summed E-state index contributed by atoms with van der Waals surface area (Å²) in [5.74, 6) is 0. The average molecular weight is 167 g/mol. The largest absolute Gasteiger partial charge is 0.381 e. The van der Waals surface area contributed by atoms with Crippen LogP contribution in [0, 0.1) is 0 Å². The summed E-state index contributed by atoms with van der Waals surface area (Å²) in [4.78, 5) is 0. The van der Waals surface area contributed by atoms with Gasteiger partial charge in [0.05, 0.1) is 0 Å². The lowest BCUT2D eigenvalue weighted by molar-refractivity contribution is 0.0753. The van der Waals surface area contributed by atoms with Crippen molar-refractivity contribution in [1.29, 1.82) is 0 Å². The molecule has 68 valence electrons. The fourth-order valence-electron chi connectivity index (χ4n) is 1.95. The van der Waals surface area contributed by atoms with Crippen LogP contribution in [0.25, 0.3) is 0 Å². The van der Waals surface area contributed by atoms with Gasteiger partial charge >= 0.3 is 0 Å². The van der Waals surface area contributed by atoms with Gasteiger partial charge in [-0.05, 0) is 25.7 Å². The lowest BCUT2D eigenvalue weighted by Crippen LogP contribution is -2.40. The van der Waals surface area contributed by atoms with Gasteiger partial charge in [0.25, 0.3) is 0 Å². The Morgan fingerprint density at radius 1 is 1.00 bits per heavy atom. The Kier molecular flexibility index (Phi) is 2.79. The van der Waals surface area contributed by atoms with E-state index >= 15 is 0 Å². The third kappa shape index (κ3) is 2.08. The lowest BCUT2D eigenvalue weighted by atomic mass is 10.1. The van der Waals surface area contributed by atoms with Gasteiger partial charge in [-0.1, -0.05) is 12.2 Å². The van der Waals surface area contributed by atoms with Crippen LogP contribution in [0.4, 0.5) is 0 Å². The van der Waals surface area contributed by atoms with Gasteiger partial charge in [-0.3, -0.25) is 0 Å². The van der Waals surface area contributed by atoms with Crippen LogP contribution < -0.4 is 5.32 Å². The van der Waals surface area contributed by atoms with E-state index in [0.717, 1.165) is 13.2 Å². The van der Waals surface area contributed by atoms with Gasteiger partial charge < -0.3 is 10.1 Å². The molecule has 1 fully saturated rings. The topological polar surface area (TPSA) is 21.3 Å². The molecule has 0 spiro atoms. The van der Waals surface area contributed by atoms with Crippen LogP contribution in [0.5, 0.6) is 0 Å². The Hall–Kier alpha value is -0.340. The monoisotopic (exact) mass is 167 g/mol. The van der Waals surface area contributed by atoms with Crippen LogP contribution >= 0.6 is 0 Å². The number of nitrogens with one attached hydrogen (secondary N) is 1. The van der Waals surface area contributed by atoms with Crippen molar-refractivity contribution in [1.82, 2.24) is 5.32 Å². The minimum atomic E-state index is 0.712. The second-order valence-corrected chi connectivity index (χ2v) is 3.69. The maximum absolute atomic E-state index is 5.31. The molecule has 0 unspecified atom stereocenters. The fraction of sp³-hybridized carbons (Fsp3) is 0.800. The Bertz CT molecular complexity index is 153. The maximum atomic E-state index is 5.31. The second kappa shape index (κ2) is 4.06. The molecule has 0 saturated carbocycles. The van der Waals surface area contributed by atoms with Crippen molar-refractivity contribution in [3.05, 3.63) is 12.2 Å². The van der Waals surface area contributed by atoms with E-state index in [1.165, 1.54) is 25.7 Å². The molecule has 0 amide bonds. The lowest BCUT2D eigenvalue weighted by Gasteiger charge is -2.26. The highest BCUT2D eigenvalue weighted by atomic mass is 16.5. The van der Waals surface area contributed by atoms with Crippen LogP contribution in [0.2, 0.25) is 0 Å². The van der Waals surface area contributed by atoms with Gasteiger partial charge in [0.1, 0.15) is 0 Å². The SMILES string of the molecule is C1=CCC(NC2CCOCC2)C1. The van der Waals surface area contributed by atoms with E-state index in [2.05, 4.69) is 17.5 Å². The number of rotatable bonds is 2. The first-order valence-corrected chi connectivity index (χ1v) is 4.94. The van der Waals surface area contributed by atoms with Crippen molar-refractivity contribution in [3.8, 4) is 0 Å². The summed E-state index contributed by atoms with van der Waals surface area (Å²) >= 11 is 0. The van der Waals surface area contributed by atoms with Crippen LogP contribution in [0.3, 0.4) is 0 Å². The standard InChI is InChI=1S/C10H17NO/c1-2-4-9(3-1)11-10-5-7-12-8-6-10/h1-2,9-11H,3-8H2.